The molecular formula is C37H36N4O9S3. The molecule has 2 aromatic heterocycles. The molecule has 0 radical (unpaired) electrons. The van der Waals surface area contributed by atoms with Crippen LogP contribution in [0.2, 0.25) is 0 Å². The molecule has 6 aromatic rings. The number of aromatic nitrogens is 2. The summed E-state index contributed by atoms with van der Waals surface area (Å²) in [5, 5.41) is 13.9. The van der Waals surface area contributed by atoms with Gasteiger partial charge in [-0.15, -0.1) is 0 Å². The molecule has 0 fully saturated rings. The summed E-state index contributed by atoms with van der Waals surface area (Å²) in [6, 6.07) is 25.0. The maximum atomic E-state index is 13.2. The van der Waals surface area contributed by atoms with Gasteiger partial charge in [-0.2, -0.15) is 0 Å². The Morgan fingerprint density at radius 1 is 0.830 bits per heavy atom. The molecule has 276 valence electrons. The highest BCUT2D eigenvalue weighted by Crippen LogP contribution is 2.33. The van der Waals surface area contributed by atoms with E-state index in [0.717, 1.165) is 11.8 Å². The maximum Gasteiger partial charge on any atom is 0.257 e. The van der Waals surface area contributed by atoms with Gasteiger partial charge >= 0.3 is 0 Å². The van der Waals surface area contributed by atoms with Crippen molar-refractivity contribution in [3.8, 4) is 44.6 Å². The monoisotopic (exact) mass is 776 g/mol. The van der Waals surface area contributed by atoms with Crippen LogP contribution in [0.15, 0.2) is 108 Å². The summed E-state index contributed by atoms with van der Waals surface area (Å²) in [7, 11) is -1.77. The quantitative estimate of drug-likeness (QED) is 0.102. The summed E-state index contributed by atoms with van der Waals surface area (Å²) in [5.74, 6) is 2.11. The van der Waals surface area contributed by atoms with Gasteiger partial charge in [-0.3, -0.25) is 10.1 Å². The topological polar surface area (TPSA) is 181 Å². The molecule has 6 rings (SSSR count). The number of ether oxygens (including phenoxy) is 5. The number of aryl methyl sites for hydroxylation is 1. The number of nitrogens with zero attached hydrogens (tertiary/aromatic N) is 2. The number of nitrogens with one attached hydrogen (secondary N) is 1. The van der Waals surface area contributed by atoms with Gasteiger partial charge in [0.2, 0.25) is 10.1 Å². The van der Waals surface area contributed by atoms with Crippen molar-refractivity contribution in [1.82, 2.24) is 9.97 Å². The normalized spacial score (nSPS) is 11.5. The van der Waals surface area contributed by atoms with Crippen molar-refractivity contribution in [1.29, 1.82) is 0 Å². The van der Waals surface area contributed by atoms with E-state index >= 15 is 0 Å². The molecule has 0 saturated carbocycles. The van der Waals surface area contributed by atoms with Crippen molar-refractivity contribution < 1.29 is 42.0 Å². The zero-order valence-corrected chi connectivity index (χ0v) is 31.5. The molecule has 0 unspecified atom stereocenters. The van der Waals surface area contributed by atoms with Crippen LogP contribution in [0.25, 0.3) is 0 Å². The van der Waals surface area contributed by atoms with Gasteiger partial charge in [-0.1, -0.05) is 40.9 Å². The van der Waals surface area contributed by atoms with E-state index in [-0.39, 0.29) is 22.3 Å². The molecular weight excluding hydrogens is 741 g/mol. The Labute approximate surface area is 314 Å². The smallest absolute Gasteiger partial charge is 0.257 e. The lowest BCUT2D eigenvalue weighted by Crippen LogP contribution is -2.18. The molecule has 0 bridgehead atoms. The largest absolute Gasteiger partial charge is 0.508 e. The Bertz CT molecular complexity index is 2260. The summed E-state index contributed by atoms with van der Waals surface area (Å²) in [6.45, 7) is 4.16. The summed E-state index contributed by atoms with van der Waals surface area (Å²) in [6.07, 6.45) is 3.94. The predicted molar refractivity (Wildman–Crippen MR) is 204 cm³/mol. The minimum Gasteiger partial charge on any atom is -0.508 e. The van der Waals surface area contributed by atoms with E-state index in [4.69, 9.17) is 29.4 Å². The second-order valence-corrected chi connectivity index (χ2v) is 15.4. The number of hydrogen-bond acceptors (Lipinski definition) is 14. The number of carbonyl (C=O) groups is 1. The first-order valence-corrected chi connectivity index (χ1v) is 19.3. The number of nitrogen functional groups attached to an aromatic ring is 1. The second kappa shape index (κ2) is 17.7. The van der Waals surface area contributed by atoms with Crippen molar-refractivity contribution >= 4 is 48.7 Å². The maximum absolute atomic E-state index is 13.2. The summed E-state index contributed by atoms with van der Waals surface area (Å²) < 4.78 is 51.7. The molecule has 0 spiro atoms. The first-order valence-electron chi connectivity index (χ1n) is 15.8. The van der Waals surface area contributed by atoms with E-state index in [2.05, 4.69) is 15.3 Å². The number of carbonyl (C=O) groups excluding carboxylic acids is 1. The van der Waals surface area contributed by atoms with Crippen LogP contribution in [0.5, 0.6) is 44.6 Å². The molecule has 53 heavy (non-hydrogen) atoms. The Hall–Kier alpha value is -5.68. The Morgan fingerprint density at radius 3 is 2.13 bits per heavy atom. The predicted octanol–water partition coefficient (Wildman–Crippen LogP) is 8.33. The first kappa shape index (κ1) is 38.5. The third kappa shape index (κ3) is 11.9. The summed E-state index contributed by atoms with van der Waals surface area (Å²) in [4.78, 5) is 21.4. The highest BCUT2D eigenvalue weighted by Gasteiger charge is 2.16. The van der Waals surface area contributed by atoms with Crippen LogP contribution in [0.3, 0.4) is 0 Å². The molecule has 0 aliphatic carbocycles. The van der Waals surface area contributed by atoms with Gasteiger partial charge in [-0.05, 0) is 80.1 Å². The van der Waals surface area contributed by atoms with Crippen molar-refractivity contribution in [3.63, 3.8) is 0 Å². The number of anilines is 2. The van der Waals surface area contributed by atoms with Gasteiger partial charge in [0, 0.05) is 31.1 Å². The molecule has 4 N–H and O–H groups in total. The molecule has 0 saturated heterocycles. The standard InChI is InChI=1S/C28H28N2O7S2.C9H8N2O2S/c1-18-6-5-7-22(12-18)37-26-16-29-28(38-26)30-27(31)20-13-23(35-19(2)17-34-3)15-24(14-20)36-21-8-10-25(11-9-21)39(4,32)33;10-9-11-5-8(14-9)13-7-3-1-2-6(12)4-7/h5-16,19H,17H2,1-4H3,(H,29,30,31);1-5,12H,(H2,10,11)/t19-;/m0./s1. The summed E-state index contributed by atoms with van der Waals surface area (Å²) in [5.41, 5.74) is 6.78. The lowest BCUT2D eigenvalue weighted by Gasteiger charge is -2.16. The number of methoxy groups -OCH3 is 1. The van der Waals surface area contributed by atoms with Crippen LogP contribution in [-0.4, -0.2) is 55.5 Å². The van der Waals surface area contributed by atoms with E-state index in [1.807, 2.05) is 38.1 Å². The second-order valence-electron chi connectivity index (χ2n) is 11.4. The fraction of sp³-hybridized carbons (Fsp3) is 0.162. The van der Waals surface area contributed by atoms with Crippen molar-refractivity contribution in [3.05, 3.63) is 115 Å². The molecule has 13 nitrogen and oxygen atoms in total. The van der Waals surface area contributed by atoms with Crippen LogP contribution in [0, 0.1) is 6.92 Å². The van der Waals surface area contributed by atoms with Crippen LogP contribution >= 0.6 is 22.7 Å². The van der Waals surface area contributed by atoms with Gasteiger partial charge < -0.3 is 34.5 Å². The van der Waals surface area contributed by atoms with Crippen molar-refractivity contribution in [2.45, 2.75) is 24.8 Å². The summed E-state index contributed by atoms with van der Waals surface area (Å²) >= 11 is 2.45. The minimum absolute atomic E-state index is 0.167. The SMILES string of the molecule is COC[C@H](C)Oc1cc(Oc2ccc(S(C)(=O)=O)cc2)cc(C(=O)Nc2ncc(Oc3cccc(C)c3)s2)c1.Nc1ncc(Oc2cccc(O)c2)s1. The molecule has 1 amide bonds. The van der Waals surface area contributed by atoms with Crippen LogP contribution in [0.4, 0.5) is 10.3 Å². The zero-order chi connectivity index (χ0) is 38.0. The molecule has 1 atom stereocenters. The fourth-order valence-electron chi connectivity index (χ4n) is 4.53. The van der Waals surface area contributed by atoms with Gasteiger partial charge in [0.15, 0.2) is 20.1 Å². The Morgan fingerprint density at radius 2 is 1.49 bits per heavy atom. The third-order valence-electron chi connectivity index (χ3n) is 6.82. The van der Waals surface area contributed by atoms with Crippen LogP contribution in [0.1, 0.15) is 22.8 Å². The number of nitrogens with two attached hydrogens (primary N) is 1. The number of hydrogen-bond donors (Lipinski definition) is 3. The van der Waals surface area contributed by atoms with E-state index < -0.39 is 15.7 Å². The molecule has 0 aliphatic rings. The van der Waals surface area contributed by atoms with Crippen molar-refractivity contribution in [2.75, 3.05) is 31.0 Å². The minimum atomic E-state index is -3.34. The van der Waals surface area contributed by atoms with E-state index in [1.54, 1.807) is 68.0 Å². The average Bonchev–Trinajstić information content (AvgIpc) is 3.72. The molecule has 0 aliphatic heterocycles. The van der Waals surface area contributed by atoms with Gasteiger partial charge in [0.1, 0.15) is 40.6 Å². The van der Waals surface area contributed by atoms with Gasteiger partial charge in [0.05, 0.1) is 23.9 Å². The number of sulfone groups is 1. The van der Waals surface area contributed by atoms with Crippen molar-refractivity contribution in [2.24, 2.45) is 0 Å². The Kier molecular flexibility index (Phi) is 12.9. The number of thiazole rings is 2. The van der Waals surface area contributed by atoms with E-state index in [1.165, 1.54) is 40.9 Å². The number of phenols is 1. The number of amides is 1. The lowest BCUT2D eigenvalue weighted by molar-refractivity contribution is 0.0916. The number of phenolic OH excluding ortho intramolecular Hbond substituents is 1. The highest BCUT2D eigenvalue weighted by atomic mass is 32.2. The molecule has 4 aromatic carbocycles. The van der Waals surface area contributed by atoms with Crippen LogP contribution < -0.4 is 30.0 Å². The van der Waals surface area contributed by atoms with Gasteiger partial charge in [0.25, 0.3) is 5.91 Å². The van der Waals surface area contributed by atoms with E-state index in [0.29, 0.717) is 55.7 Å². The van der Waals surface area contributed by atoms with Gasteiger partial charge in [-0.25, -0.2) is 18.4 Å². The Balaban J connectivity index is 0.000000322. The van der Waals surface area contributed by atoms with E-state index in [9.17, 15) is 18.3 Å². The molecule has 2 heterocycles. The number of rotatable bonds is 13. The molecule has 16 heteroatoms. The number of benzene rings is 4. The van der Waals surface area contributed by atoms with Crippen LogP contribution in [-0.2, 0) is 14.6 Å². The average molecular weight is 777 g/mol. The first-order chi connectivity index (χ1) is 25.3. The fourth-order valence-corrected chi connectivity index (χ4v) is 6.40. The lowest BCUT2D eigenvalue weighted by atomic mass is 10.2. The zero-order valence-electron chi connectivity index (χ0n) is 29.0. The number of aromatic hydroxyl groups is 1. The highest BCUT2D eigenvalue weighted by molar-refractivity contribution is 7.90. The third-order valence-corrected chi connectivity index (χ3v) is 9.44.